The summed E-state index contributed by atoms with van der Waals surface area (Å²) in [7, 11) is 0. The van der Waals surface area contributed by atoms with Gasteiger partial charge in [0.05, 0.1) is 6.54 Å². The SMILES string of the molecule is CSC1=C(C)C(N2CC(C(=O)[N+]3(OCC(=O)OC(C)(C)C)CCCCC3)OC2=O)=CCC1=N. The van der Waals surface area contributed by atoms with Gasteiger partial charge < -0.3 is 14.9 Å². The summed E-state index contributed by atoms with van der Waals surface area (Å²) < 4.78 is 10.5. The van der Waals surface area contributed by atoms with E-state index in [-0.39, 0.29) is 23.7 Å². The monoisotopic (exact) mass is 480 g/mol. The predicted octanol–water partition coefficient (Wildman–Crippen LogP) is 3.55. The summed E-state index contributed by atoms with van der Waals surface area (Å²) in [5.74, 6) is -0.895. The molecule has 2 fully saturated rings. The first-order chi connectivity index (χ1) is 15.5. The molecule has 0 aromatic carbocycles. The molecule has 0 aromatic rings. The van der Waals surface area contributed by atoms with Crippen molar-refractivity contribution in [2.24, 2.45) is 0 Å². The highest BCUT2D eigenvalue weighted by Crippen LogP contribution is 2.34. The Morgan fingerprint density at radius 1 is 1.27 bits per heavy atom. The quantitative estimate of drug-likeness (QED) is 0.458. The Labute approximate surface area is 199 Å². The predicted molar refractivity (Wildman–Crippen MR) is 124 cm³/mol. The minimum Gasteiger partial charge on any atom is -0.458 e. The average molecular weight is 481 g/mol. The molecule has 0 spiro atoms. The summed E-state index contributed by atoms with van der Waals surface area (Å²) in [4.78, 5) is 46.7. The molecular formula is C23H34N3O6S+. The Balaban J connectivity index is 1.75. The molecule has 0 saturated carbocycles. The van der Waals surface area contributed by atoms with Crippen LogP contribution < -0.4 is 0 Å². The Hall–Kier alpha value is -2.17. The molecule has 0 bridgehead atoms. The molecule has 1 atom stereocenters. The largest absolute Gasteiger partial charge is 0.458 e. The molecule has 2 heterocycles. The molecule has 33 heavy (non-hydrogen) atoms. The van der Waals surface area contributed by atoms with E-state index in [9.17, 15) is 14.4 Å². The number of nitrogens with zero attached hydrogens (tertiary/aromatic N) is 2. The Bertz CT molecular complexity index is 898. The van der Waals surface area contributed by atoms with Crippen molar-refractivity contribution in [2.75, 3.05) is 32.5 Å². The summed E-state index contributed by atoms with van der Waals surface area (Å²) in [5, 5.41) is 8.12. The molecule has 1 unspecified atom stereocenters. The molecule has 1 aliphatic carbocycles. The van der Waals surface area contributed by atoms with Gasteiger partial charge in [-0.3, -0.25) is 4.90 Å². The fraction of sp³-hybridized carbons (Fsp3) is 0.652. The number of carbonyl (C=O) groups excluding carboxylic acids is 3. The van der Waals surface area contributed by atoms with Crippen molar-refractivity contribution in [3.05, 3.63) is 22.3 Å². The highest BCUT2D eigenvalue weighted by atomic mass is 32.2. The molecule has 0 radical (unpaired) electrons. The van der Waals surface area contributed by atoms with Crippen LogP contribution in [0, 0.1) is 5.41 Å². The number of piperidine rings is 1. The van der Waals surface area contributed by atoms with E-state index in [2.05, 4.69) is 0 Å². The fourth-order valence-corrected chi connectivity index (χ4v) is 5.15. The topological polar surface area (TPSA) is 106 Å². The van der Waals surface area contributed by atoms with Gasteiger partial charge in [-0.15, -0.1) is 16.4 Å². The number of cyclic esters (lactones) is 1. The van der Waals surface area contributed by atoms with E-state index >= 15 is 0 Å². The Morgan fingerprint density at radius 2 is 1.94 bits per heavy atom. The number of hydroxylamine groups is 3. The second kappa shape index (κ2) is 9.99. The van der Waals surface area contributed by atoms with Crippen LogP contribution in [0.15, 0.2) is 22.3 Å². The van der Waals surface area contributed by atoms with E-state index in [1.165, 1.54) is 16.7 Å². The van der Waals surface area contributed by atoms with Gasteiger partial charge in [0.2, 0.25) is 12.7 Å². The first kappa shape index (κ1) is 25.5. The van der Waals surface area contributed by atoms with E-state index in [0.717, 1.165) is 29.7 Å². The van der Waals surface area contributed by atoms with Crippen molar-refractivity contribution in [2.45, 2.75) is 65.1 Å². The van der Waals surface area contributed by atoms with Crippen LogP contribution in [0.1, 0.15) is 53.4 Å². The third-order valence-corrected chi connectivity index (χ3v) is 6.83. The number of hydrogen-bond acceptors (Lipinski definition) is 8. The van der Waals surface area contributed by atoms with E-state index in [4.69, 9.17) is 19.7 Å². The molecule has 2 aliphatic heterocycles. The lowest BCUT2D eigenvalue weighted by atomic mass is 10.0. The molecule has 9 nitrogen and oxygen atoms in total. The lowest BCUT2D eigenvalue weighted by molar-refractivity contribution is -1.05. The van der Waals surface area contributed by atoms with Gasteiger partial charge in [0.25, 0.3) is 0 Å². The number of carbonyl (C=O) groups is 3. The zero-order chi connectivity index (χ0) is 24.4. The van der Waals surface area contributed by atoms with Gasteiger partial charge in [-0.1, -0.05) is 6.08 Å². The molecular weight excluding hydrogens is 446 g/mol. The van der Waals surface area contributed by atoms with Gasteiger partial charge >= 0.3 is 18.0 Å². The van der Waals surface area contributed by atoms with Gasteiger partial charge in [-0.25, -0.2) is 14.4 Å². The Morgan fingerprint density at radius 3 is 2.55 bits per heavy atom. The summed E-state index contributed by atoms with van der Waals surface area (Å²) in [6, 6.07) is 0. The standard InChI is InChI=1S/C23H34N3O6S/c1-15-17(10-9-16(24)20(15)33-5)25-13-18(31-22(25)29)21(28)26(11-7-6-8-12-26)30-14-19(27)32-23(2,3)4/h10,18,24H,6-9,11-14H2,1-5H3/q+1. The zero-order valence-corrected chi connectivity index (χ0v) is 20.9. The molecule has 1 N–H and O–H groups in total. The first-order valence-corrected chi connectivity index (χ1v) is 12.5. The van der Waals surface area contributed by atoms with Crippen molar-refractivity contribution >= 4 is 35.4 Å². The van der Waals surface area contributed by atoms with Crippen molar-refractivity contribution in [1.29, 1.82) is 5.41 Å². The molecule has 0 aromatic heterocycles. The molecule has 3 aliphatic rings. The van der Waals surface area contributed by atoms with Crippen LogP contribution in [0.4, 0.5) is 4.79 Å². The molecule has 3 rings (SSSR count). The summed E-state index contributed by atoms with van der Waals surface area (Å²) in [5.41, 5.74) is 1.36. The van der Waals surface area contributed by atoms with Crippen LogP contribution in [0.5, 0.6) is 0 Å². The van der Waals surface area contributed by atoms with Crippen LogP contribution in [-0.4, -0.2) is 77.4 Å². The van der Waals surface area contributed by atoms with Crippen LogP contribution in [0.3, 0.4) is 0 Å². The van der Waals surface area contributed by atoms with Crippen LogP contribution in [-0.2, 0) is 23.9 Å². The fourth-order valence-electron chi connectivity index (χ4n) is 4.41. The molecule has 2 saturated heterocycles. The first-order valence-electron chi connectivity index (χ1n) is 11.3. The number of thioether (sulfide) groups is 1. The Kier molecular flexibility index (Phi) is 7.70. The minimum absolute atomic E-state index is 0.0750. The smallest absolute Gasteiger partial charge is 0.415 e. The van der Waals surface area contributed by atoms with Crippen LogP contribution >= 0.6 is 11.8 Å². The normalized spacial score (nSPS) is 23.4. The highest BCUT2D eigenvalue weighted by Gasteiger charge is 2.51. The van der Waals surface area contributed by atoms with Gasteiger partial charge in [0, 0.05) is 35.6 Å². The van der Waals surface area contributed by atoms with Gasteiger partial charge in [0.15, 0.2) is 0 Å². The van der Waals surface area contributed by atoms with Crippen molar-refractivity contribution in [3.63, 3.8) is 0 Å². The number of rotatable bonds is 6. The number of likely N-dealkylation sites (tertiary alicyclic amines) is 1. The maximum absolute atomic E-state index is 13.6. The second-order valence-corrected chi connectivity index (χ2v) is 10.3. The van der Waals surface area contributed by atoms with Gasteiger partial charge in [-0.2, -0.15) is 4.84 Å². The molecule has 10 heteroatoms. The number of hydrogen-bond donors (Lipinski definition) is 1. The summed E-state index contributed by atoms with van der Waals surface area (Å²) >= 11 is 1.47. The lowest BCUT2D eigenvalue weighted by Gasteiger charge is -2.36. The number of ether oxygens (including phenoxy) is 2. The molecule has 182 valence electrons. The number of esters is 1. The average Bonchev–Trinajstić information content (AvgIpc) is 3.13. The molecule has 2 amide bonds. The van der Waals surface area contributed by atoms with E-state index in [1.807, 2.05) is 19.3 Å². The lowest BCUT2D eigenvalue weighted by Crippen LogP contribution is -2.60. The van der Waals surface area contributed by atoms with Crippen molar-refractivity contribution < 1.29 is 33.3 Å². The number of nitrogens with one attached hydrogen (secondary N) is 1. The highest BCUT2D eigenvalue weighted by molar-refractivity contribution is 8.03. The summed E-state index contributed by atoms with van der Waals surface area (Å²) in [6.45, 7) is 7.76. The zero-order valence-electron chi connectivity index (χ0n) is 20.1. The third-order valence-electron chi connectivity index (χ3n) is 5.87. The summed E-state index contributed by atoms with van der Waals surface area (Å²) in [6.07, 6.45) is 5.09. The van der Waals surface area contributed by atoms with Gasteiger partial charge in [-0.05, 0) is 45.9 Å². The van der Waals surface area contributed by atoms with E-state index in [1.54, 1.807) is 20.8 Å². The second-order valence-electron chi connectivity index (χ2n) is 9.51. The third kappa shape index (κ3) is 5.67. The number of allylic oxidation sites excluding steroid dienone is 3. The van der Waals surface area contributed by atoms with E-state index in [0.29, 0.717) is 30.9 Å². The number of amides is 2. The maximum Gasteiger partial charge on any atom is 0.415 e. The maximum atomic E-state index is 13.6. The minimum atomic E-state index is -0.998. The van der Waals surface area contributed by atoms with Crippen molar-refractivity contribution in [3.8, 4) is 0 Å². The van der Waals surface area contributed by atoms with E-state index < -0.39 is 23.8 Å². The van der Waals surface area contributed by atoms with Gasteiger partial charge in [0.1, 0.15) is 18.7 Å². The number of quaternary nitrogens is 1. The van der Waals surface area contributed by atoms with Crippen molar-refractivity contribution in [1.82, 2.24) is 4.90 Å². The van der Waals surface area contributed by atoms with Crippen LogP contribution in [0.2, 0.25) is 0 Å². The van der Waals surface area contributed by atoms with Crippen LogP contribution in [0.25, 0.3) is 0 Å².